The van der Waals surface area contributed by atoms with Crippen LogP contribution in [0.2, 0.25) is 10.0 Å². The second-order valence-electron chi connectivity index (χ2n) is 2.89. The molecule has 0 saturated carbocycles. The number of benzene rings is 1. The Morgan fingerprint density at radius 2 is 2.14 bits per heavy atom. The molecule has 0 aromatic heterocycles. The van der Waals surface area contributed by atoms with Gasteiger partial charge in [-0.3, -0.25) is 0 Å². The summed E-state index contributed by atoms with van der Waals surface area (Å²) in [6, 6.07) is 5.65. The number of rotatable bonds is 5. The van der Waals surface area contributed by atoms with E-state index in [2.05, 4.69) is 5.32 Å². The van der Waals surface area contributed by atoms with Crippen LogP contribution in [0.1, 0.15) is 5.56 Å². The molecule has 0 aliphatic rings. The monoisotopic (exact) mass is 249 g/mol. The summed E-state index contributed by atoms with van der Waals surface area (Å²) >= 11 is 13.7. The zero-order valence-corrected chi connectivity index (χ0v) is 10.3. The van der Waals surface area contributed by atoms with Crippen molar-refractivity contribution in [1.82, 2.24) is 5.32 Å². The molecule has 1 aromatic rings. The molecule has 14 heavy (non-hydrogen) atoms. The van der Waals surface area contributed by atoms with E-state index in [1.54, 1.807) is 6.07 Å². The third kappa shape index (κ3) is 4.09. The normalized spacial score (nSPS) is 10.5. The van der Waals surface area contributed by atoms with Crippen molar-refractivity contribution < 1.29 is 0 Å². The van der Waals surface area contributed by atoms with E-state index in [0.29, 0.717) is 5.02 Å². The molecule has 0 radical (unpaired) electrons. The van der Waals surface area contributed by atoms with Crippen LogP contribution in [-0.2, 0) is 5.75 Å². The molecule has 0 spiro atoms. The number of nitrogens with one attached hydrogen (secondary N) is 1. The van der Waals surface area contributed by atoms with Crippen LogP contribution in [0.4, 0.5) is 0 Å². The summed E-state index contributed by atoms with van der Waals surface area (Å²) in [7, 11) is 1.95. The van der Waals surface area contributed by atoms with E-state index < -0.39 is 0 Å². The van der Waals surface area contributed by atoms with Crippen molar-refractivity contribution in [1.29, 1.82) is 0 Å². The summed E-state index contributed by atoms with van der Waals surface area (Å²) in [6.07, 6.45) is 0. The minimum atomic E-state index is 0.693. The van der Waals surface area contributed by atoms with Crippen molar-refractivity contribution >= 4 is 35.0 Å². The smallest absolute Gasteiger partial charge is 0.0461 e. The van der Waals surface area contributed by atoms with Gasteiger partial charge in [-0.2, -0.15) is 11.8 Å². The van der Waals surface area contributed by atoms with E-state index in [4.69, 9.17) is 23.2 Å². The van der Waals surface area contributed by atoms with Gasteiger partial charge in [0.1, 0.15) is 0 Å². The largest absolute Gasteiger partial charge is 0.319 e. The molecule has 0 unspecified atom stereocenters. The zero-order chi connectivity index (χ0) is 10.4. The summed E-state index contributed by atoms with van der Waals surface area (Å²) in [4.78, 5) is 0. The predicted molar refractivity (Wildman–Crippen MR) is 66.6 cm³/mol. The van der Waals surface area contributed by atoms with Gasteiger partial charge in [-0.15, -0.1) is 0 Å². The molecular weight excluding hydrogens is 237 g/mol. The number of hydrogen-bond donors (Lipinski definition) is 1. The summed E-state index contributed by atoms with van der Waals surface area (Å²) in [6.45, 7) is 1.02. The molecule has 0 atom stereocenters. The maximum atomic E-state index is 6.03. The zero-order valence-electron chi connectivity index (χ0n) is 8.02. The van der Waals surface area contributed by atoms with Crippen LogP contribution in [0, 0.1) is 0 Å². The third-order valence-electron chi connectivity index (χ3n) is 1.77. The lowest BCUT2D eigenvalue weighted by molar-refractivity contribution is 0.872. The highest BCUT2D eigenvalue weighted by molar-refractivity contribution is 7.98. The van der Waals surface area contributed by atoms with Gasteiger partial charge in [0.25, 0.3) is 0 Å². The van der Waals surface area contributed by atoms with Crippen LogP contribution in [0.15, 0.2) is 18.2 Å². The van der Waals surface area contributed by atoms with Crippen LogP contribution in [0.25, 0.3) is 0 Å². The Labute approximate surface area is 99.2 Å². The molecule has 1 N–H and O–H groups in total. The maximum Gasteiger partial charge on any atom is 0.0461 e. The SMILES string of the molecule is CNCCSCc1ccc(Cl)cc1Cl. The molecule has 0 saturated heterocycles. The molecule has 78 valence electrons. The van der Waals surface area contributed by atoms with E-state index in [-0.39, 0.29) is 0 Å². The summed E-state index contributed by atoms with van der Waals surface area (Å²) in [5, 5.41) is 4.56. The van der Waals surface area contributed by atoms with E-state index >= 15 is 0 Å². The fraction of sp³-hybridized carbons (Fsp3) is 0.400. The van der Waals surface area contributed by atoms with Crippen molar-refractivity contribution in [3.05, 3.63) is 33.8 Å². The van der Waals surface area contributed by atoms with Gasteiger partial charge in [0, 0.05) is 28.1 Å². The van der Waals surface area contributed by atoms with Crippen molar-refractivity contribution in [2.45, 2.75) is 5.75 Å². The van der Waals surface area contributed by atoms with Gasteiger partial charge in [-0.05, 0) is 24.7 Å². The third-order valence-corrected chi connectivity index (χ3v) is 3.36. The lowest BCUT2D eigenvalue weighted by atomic mass is 10.2. The van der Waals surface area contributed by atoms with Gasteiger partial charge in [-0.25, -0.2) is 0 Å². The van der Waals surface area contributed by atoms with Gasteiger partial charge >= 0.3 is 0 Å². The van der Waals surface area contributed by atoms with Gasteiger partial charge in [-0.1, -0.05) is 29.3 Å². The summed E-state index contributed by atoms with van der Waals surface area (Å²) in [5.74, 6) is 2.03. The Morgan fingerprint density at radius 1 is 1.36 bits per heavy atom. The average molecular weight is 250 g/mol. The number of hydrogen-bond acceptors (Lipinski definition) is 2. The van der Waals surface area contributed by atoms with Gasteiger partial charge in [0.2, 0.25) is 0 Å². The Hall–Kier alpha value is 0.110. The second kappa shape index (κ2) is 6.57. The minimum Gasteiger partial charge on any atom is -0.319 e. The average Bonchev–Trinajstić information content (AvgIpc) is 2.15. The van der Waals surface area contributed by atoms with E-state index in [1.165, 1.54) is 0 Å². The Morgan fingerprint density at radius 3 is 2.79 bits per heavy atom. The molecular formula is C10H13Cl2NS. The molecule has 0 fully saturated rings. The van der Waals surface area contributed by atoms with Crippen LogP contribution >= 0.6 is 35.0 Å². The predicted octanol–water partition coefficient (Wildman–Crippen LogP) is 3.45. The minimum absolute atomic E-state index is 0.693. The van der Waals surface area contributed by atoms with Gasteiger partial charge in [0.15, 0.2) is 0 Å². The first-order valence-electron chi connectivity index (χ1n) is 4.40. The first-order chi connectivity index (χ1) is 6.74. The molecule has 1 rings (SSSR count). The molecule has 0 aliphatic carbocycles. The highest BCUT2D eigenvalue weighted by atomic mass is 35.5. The fourth-order valence-corrected chi connectivity index (χ4v) is 2.51. The Balaban J connectivity index is 2.42. The van der Waals surface area contributed by atoms with Crippen LogP contribution in [0.5, 0.6) is 0 Å². The highest BCUT2D eigenvalue weighted by Crippen LogP contribution is 2.24. The number of halogens is 2. The number of thioether (sulfide) groups is 1. The quantitative estimate of drug-likeness (QED) is 0.803. The summed E-state index contributed by atoms with van der Waals surface area (Å²) in [5.41, 5.74) is 1.15. The van der Waals surface area contributed by atoms with Gasteiger partial charge in [0.05, 0.1) is 0 Å². The molecule has 0 bridgehead atoms. The van der Waals surface area contributed by atoms with Crippen molar-refractivity contribution in [3.63, 3.8) is 0 Å². The first-order valence-corrected chi connectivity index (χ1v) is 6.31. The van der Waals surface area contributed by atoms with Crippen LogP contribution in [-0.4, -0.2) is 19.3 Å². The van der Waals surface area contributed by atoms with E-state index in [9.17, 15) is 0 Å². The molecule has 0 amide bonds. The van der Waals surface area contributed by atoms with Crippen LogP contribution < -0.4 is 5.32 Å². The van der Waals surface area contributed by atoms with Gasteiger partial charge < -0.3 is 5.32 Å². The van der Waals surface area contributed by atoms with Crippen LogP contribution in [0.3, 0.4) is 0 Å². The Kier molecular flexibility index (Phi) is 5.71. The lowest BCUT2D eigenvalue weighted by Crippen LogP contribution is -2.09. The first kappa shape index (κ1) is 12.2. The topological polar surface area (TPSA) is 12.0 Å². The molecule has 1 nitrogen and oxygen atoms in total. The van der Waals surface area contributed by atoms with Crippen molar-refractivity contribution in [2.75, 3.05) is 19.3 Å². The van der Waals surface area contributed by atoms with E-state index in [1.807, 2.05) is 30.9 Å². The lowest BCUT2D eigenvalue weighted by Gasteiger charge is -2.04. The maximum absolute atomic E-state index is 6.03. The second-order valence-corrected chi connectivity index (χ2v) is 4.84. The molecule has 0 heterocycles. The standard InChI is InChI=1S/C10H13Cl2NS/c1-13-4-5-14-7-8-2-3-9(11)6-10(8)12/h2-3,6,13H,4-5,7H2,1H3. The molecule has 1 aromatic carbocycles. The summed E-state index contributed by atoms with van der Waals surface area (Å²) < 4.78 is 0. The molecule has 0 aliphatic heterocycles. The fourth-order valence-electron chi connectivity index (χ4n) is 0.995. The Bertz CT molecular complexity index is 291. The van der Waals surface area contributed by atoms with E-state index in [0.717, 1.165) is 28.6 Å². The van der Waals surface area contributed by atoms with Crippen molar-refractivity contribution in [3.8, 4) is 0 Å². The highest BCUT2D eigenvalue weighted by Gasteiger charge is 2.00. The molecule has 4 heteroatoms. The van der Waals surface area contributed by atoms with Crippen molar-refractivity contribution in [2.24, 2.45) is 0 Å².